The van der Waals surface area contributed by atoms with E-state index < -0.39 is 11.9 Å². The van der Waals surface area contributed by atoms with Gasteiger partial charge in [0.2, 0.25) is 5.79 Å². The highest BCUT2D eigenvalue weighted by molar-refractivity contribution is 5.77. The highest BCUT2D eigenvalue weighted by Gasteiger charge is 2.52. The molecule has 1 unspecified atom stereocenters. The van der Waals surface area contributed by atoms with Crippen molar-refractivity contribution in [1.29, 1.82) is 0 Å². The Hall–Kier alpha value is -3.74. The molecular weight excluding hydrogens is 536 g/mol. The molecular formula is C38H40O5. The summed E-state index contributed by atoms with van der Waals surface area (Å²) in [5.41, 5.74) is 6.82. The van der Waals surface area contributed by atoms with E-state index in [1.807, 2.05) is 73.7 Å². The van der Waals surface area contributed by atoms with E-state index in [9.17, 15) is 5.11 Å². The molecule has 0 amide bonds. The third kappa shape index (κ3) is 6.46. The van der Waals surface area contributed by atoms with Crippen molar-refractivity contribution in [2.75, 3.05) is 0 Å². The van der Waals surface area contributed by atoms with E-state index in [0.717, 1.165) is 51.0 Å². The number of hydrogen-bond acceptors (Lipinski definition) is 5. The van der Waals surface area contributed by atoms with Gasteiger partial charge in [-0.3, -0.25) is 0 Å². The van der Waals surface area contributed by atoms with Crippen molar-refractivity contribution in [1.82, 2.24) is 0 Å². The van der Waals surface area contributed by atoms with Crippen LogP contribution in [0.5, 0.6) is 0 Å². The molecule has 0 aliphatic carbocycles. The van der Waals surface area contributed by atoms with E-state index >= 15 is 0 Å². The maximum absolute atomic E-state index is 12.7. The first kappa shape index (κ1) is 29.3. The van der Waals surface area contributed by atoms with Crippen LogP contribution >= 0.6 is 0 Å². The second kappa shape index (κ2) is 12.9. The van der Waals surface area contributed by atoms with Crippen molar-refractivity contribution in [2.24, 2.45) is 0 Å². The summed E-state index contributed by atoms with van der Waals surface area (Å²) >= 11 is 0. The first-order valence-corrected chi connectivity index (χ1v) is 15.2. The largest absolute Gasteiger partial charge is 0.461 e. The van der Waals surface area contributed by atoms with Gasteiger partial charge in [-0.1, -0.05) is 91.9 Å². The minimum atomic E-state index is -1.71. The lowest BCUT2D eigenvalue weighted by Gasteiger charge is -2.47. The lowest BCUT2D eigenvalue weighted by atomic mass is 9.84. The molecule has 1 aromatic heterocycles. The van der Waals surface area contributed by atoms with Crippen LogP contribution in [0, 0.1) is 13.8 Å². The van der Waals surface area contributed by atoms with Gasteiger partial charge in [0.05, 0.1) is 25.4 Å². The zero-order valence-electron chi connectivity index (χ0n) is 25.2. The Kier molecular flexibility index (Phi) is 8.78. The summed E-state index contributed by atoms with van der Waals surface area (Å²) in [6.45, 7) is 6.96. The van der Waals surface area contributed by atoms with Crippen LogP contribution in [0.15, 0.2) is 108 Å². The Morgan fingerprint density at radius 1 is 0.791 bits per heavy atom. The fourth-order valence-electron chi connectivity index (χ4n) is 6.17. The first-order valence-electron chi connectivity index (χ1n) is 15.2. The number of fused-ring (bicyclic) bond motifs is 1. The van der Waals surface area contributed by atoms with Gasteiger partial charge in [0.15, 0.2) is 0 Å². The average Bonchev–Trinajstić information content (AvgIpc) is 3.44. The number of hydrogen-bond donors (Lipinski definition) is 1. The molecule has 1 fully saturated rings. The molecule has 5 heteroatoms. The molecule has 6 rings (SSSR count). The third-order valence-corrected chi connectivity index (χ3v) is 8.51. The number of para-hydroxylation sites is 1. The zero-order valence-corrected chi connectivity index (χ0v) is 25.2. The molecule has 0 saturated carbocycles. The number of aliphatic hydroxyl groups is 1. The molecule has 5 aromatic rings. The molecule has 1 N–H and O–H groups in total. The maximum Gasteiger partial charge on any atom is 0.222 e. The van der Waals surface area contributed by atoms with Crippen molar-refractivity contribution in [3.8, 4) is 0 Å². The smallest absolute Gasteiger partial charge is 0.222 e. The number of aryl methyl sites for hydroxylation is 2. The Morgan fingerprint density at radius 2 is 1.44 bits per heavy atom. The molecule has 4 atom stereocenters. The predicted molar refractivity (Wildman–Crippen MR) is 169 cm³/mol. The fourth-order valence-corrected chi connectivity index (χ4v) is 6.17. The lowest BCUT2D eigenvalue weighted by molar-refractivity contribution is -0.347. The molecule has 2 heterocycles. The highest BCUT2D eigenvalue weighted by atomic mass is 16.7. The third-order valence-electron chi connectivity index (χ3n) is 8.51. The average molecular weight is 577 g/mol. The van der Waals surface area contributed by atoms with Crippen LogP contribution in [0.1, 0.15) is 58.9 Å². The summed E-state index contributed by atoms with van der Waals surface area (Å²) in [5, 5.41) is 13.8. The second-order valence-electron chi connectivity index (χ2n) is 11.7. The fraction of sp³-hybridized carbons (Fsp3) is 0.316. The van der Waals surface area contributed by atoms with Crippen molar-refractivity contribution >= 4 is 11.0 Å². The van der Waals surface area contributed by atoms with Gasteiger partial charge in [-0.15, -0.1) is 0 Å². The molecule has 222 valence electrons. The summed E-state index contributed by atoms with van der Waals surface area (Å²) in [6.07, 6.45) is 0.649. The molecule has 43 heavy (non-hydrogen) atoms. The van der Waals surface area contributed by atoms with Crippen LogP contribution in [0.3, 0.4) is 0 Å². The van der Waals surface area contributed by atoms with Gasteiger partial charge in [-0.25, -0.2) is 0 Å². The number of benzene rings is 4. The predicted octanol–water partition coefficient (Wildman–Crippen LogP) is 8.16. The molecule has 0 radical (unpaired) electrons. The molecule has 1 aliphatic rings. The van der Waals surface area contributed by atoms with Crippen LogP contribution in [0.2, 0.25) is 0 Å². The monoisotopic (exact) mass is 576 g/mol. The summed E-state index contributed by atoms with van der Waals surface area (Å²) in [5.74, 6) is -0.835. The van der Waals surface area contributed by atoms with E-state index in [1.165, 1.54) is 0 Å². The summed E-state index contributed by atoms with van der Waals surface area (Å²) in [6, 6.07) is 34.5. The van der Waals surface area contributed by atoms with E-state index in [4.69, 9.17) is 18.6 Å². The molecule has 1 aliphatic heterocycles. The Balaban J connectivity index is 1.36. The van der Waals surface area contributed by atoms with E-state index in [1.54, 1.807) is 0 Å². The molecule has 4 aromatic carbocycles. The summed E-state index contributed by atoms with van der Waals surface area (Å²) in [7, 11) is 0. The topological polar surface area (TPSA) is 61.1 Å². The van der Waals surface area contributed by atoms with Crippen LogP contribution in [0.25, 0.3) is 11.0 Å². The lowest BCUT2D eigenvalue weighted by Crippen LogP contribution is -2.58. The molecule has 1 saturated heterocycles. The van der Waals surface area contributed by atoms with E-state index in [-0.39, 0.29) is 12.2 Å². The van der Waals surface area contributed by atoms with Crippen molar-refractivity contribution < 1.29 is 23.7 Å². The van der Waals surface area contributed by atoms with Gasteiger partial charge < -0.3 is 23.7 Å². The highest BCUT2D eigenvalue weighted by Crippen LogP contribution is 2.42. The van der Waals surface area contributed by atoms with Gasteiger partial charge in [-0.2, -0.15) is 0 Å². The van der Waals surface area contributed by atoms with Crippen LogP contribution in [-0.2, 0) is 39.6 Å². The standard InChI is InChI=1S/C38H40O5/c1-4-32-23-36(40-24-28-13-7-5-8-14-28)37(41-25-29-15-9-6-10-16-29)38(39,43-32)34-22-31(26(2)19-27(34)3)21-33-20-30-17-11-12-18-35(30)42-33/h5-20,22,32,36-37,39H,4,21,23-25H2,1-3H3/t32-,36+,37-,38?/m1/s1. The normalized spacial score (nSPS) is 22.2. The van der Waals surface area contributed by atoms with Crippen LogP contribution in [-0.4, -0.2) is 23.4 Å². The van der Waals surface area contributed by atoms with Crippen LogP contribution in [0.4, 0.5) is 0 Å². The number of rotatable bonds is 10. The number of furan rings is 1. The van der Waals surface area contributed by atoms with Gasteiger partial charge in [0, 0.05) is 23.8 Å². The molecule has 0 bridgehead atoms. The van der Waals surface area contributed by atoms with E-state index in [0.29, 0.717) is 31.6 Å². The van der Waals surface area contributed by atoms with Gasteiger partial charge in [0.25, 0.3) is 0 Å². The van der Waals surface area contributed by atoms with E-state index in [2.05, 4.69) is 50.2 Å². The van der Waals surface area contributed by atoms with Crippen molar-refractivity contribution in [3.63, 3.8) is 0 Å². The first-order chi connectivity index (χ1) is 20.9. The Labute approximate surface area is 254 Å². The zero-order chi connectivity index (χ0) is 29.8. The van der Waals surface area contributed by atoms with Gasteiger partial charge >= 0.3 is 0 Å². The maximum atomic E-state index is 12.7. The quantitative estimate of drug-likeness (QED) is 0.182. The minimum absolute atomic E-state index is 0.193. The summed E-state index contributed by atoms with van der Waals surface area (Å²) < 4.78 is 25.9. The second-order valence-corrected chi connectivity index (χ2v) is 11.7. The van der Waals surface area contributed by atoms with Crippen LogP contribution < -0.4 is 0 Å². The van der Waals surface area contributed by atoms with Crippen molar-refractivity contribution in [2.45, 2.75) is 77.3 Å². The summed E-state index contributed by atoms with van der Waals surface area (Å²) in [4.78, 5) is 0. The number of ether oxygens (including phenoxy) is 3. The van der Waals surface area contributed by atoms with Crippen molar-refractivity contribution in [3.05, 3.63) is 142 Å². The van der Waals surface area contributed by atoms with Gasteiger partial charge in [0.1, 0.15) is 17.4 Å². The molecule has 5 nitrogen and oxygen atoms in total. The van der Waals surface area contributed by atoms with Gasteiger partial charge in [-0.05, 0) is 66.3 Å². The molecule has 0 spiro atoms. The Bertz CT molecular complexity index is 1610. The minimum Gasteiger partial charge on any atom is -0.461 e. The SMILES string of the molecule is CC[C@@H]1C[C@H](OCc2ccccc2)[C@@H](OCc2ccccc2)C(O)(c2cc(Cc3cc4ccccc4o3)c(C)cc2C)O1. The Morgan fingerprint density at radius 3 is 2.12 bits per heavy atom.